The molecule has 154 valence electrons. The van der Waals surface area contributed by atoms with Gasteiger partial charge in [0.15, 0.2) is 22.8 Å². The molecule has 5 rings (SSSR count). The number of hydrogen-bond donors (Lipinski definition) is 2. The molecule has 0 aromatic carbocycles. The minimum Gasteiger partial charge on any atom is -0.395 e. The van der Waals surface area contributed by atoms with E-state index in [1.165, 1.54) is 0 Å². The van der Waals surface area contributed by atoms with Crippen molar-refractivity contribution in [3.63, 3.8) is 0 Å². The molecule has 1 aliphatic rings. The number of anilines is 2. The van der Waals surface area contributed by atoms with Gasteiger partial charge in [0, 0.05) is 36.8 Å². The first-order chi connectivity index (χ1) is 14.8. The van der Waals surface area contributed by atoms with Crippen LogP contribution in [-0.2, 0) is 4.74 Å². The lowest BCUT2D eigenvalue weighted by Crippen LogP contribution is -2.36. The summed E-state index contributed by atoms with van der Waals surface area (Å²) in [5.41, 5.74) is 3.19. The van der Waals surface area contributed by atoms with Gasteiger partial charge in [0.2, 0.25) is 0 Å². The number of pyridine rings is 1. The van der Waals surface area contributed by atoms with Crippen molar-refractivity contribution in [3.05, 3.63) is 41.5 Å². The molecule has 1 fully saturated rings. The highest BCUT2D eigenvalue weighted by atomic mass is 32.1. The number of aromatic nitrogens is 5. The summed E-state index contributed by atoms with van der Waals surface area (Å²) < 4.78 is 7.35. The first kappa shape index (κ1) is 18.9. The zero-order valence-corrected chi connectivity index (χ0v) is 17.0. The van der Waals surface area contributed by atoms with E-state index in [0.29, 0.717) is 29.4 Å². The molecule has 0 atom stereocenters. The lowest BCUT2D eigenvalue weighted by molar-refractivity contribution is 0.122. The average molecular weight is 424 g/mol. The van der Waals surface area contributed by atoms with Gasteiger partial charge in [-0.2, -0.15) is 11.3 Å². The monoisotopic (exact) mass is 423 g/mol. The van der Waals surface area contributed by atoms with Gasteiger partial charge in [-0.15, -0.1) is 0 Å². The van der Waals surface area contributed by atoms with Crippen LogP contribution in [0, 0.1) is 0 Å². The minimum absolute atomic E-state index is 0.00186. The van der Waals surface area contributed by atoms with Gasteiger partial charge in [0.1, 0.15) is 12.1 Å². The molecule has 1 aliphatic heterocycles. The summed E-state index contributed by atoms with van der Waals surface area (Å²) in [6.45, 7) is 3.49. The summed E-state index contributed by atoms with van der Waals surface area (Å²) in [5.74, 6) is 2.07. The summed E-state index contributed by atoms with van der Waals surface area (Å²) in [5, 5.41) is 16.5. The zero-order valence-electron chi connectivity index (χ0n) is 16.2. The molecule has 0 spiro atoms. The largest absolute Gasteiger partial charge is 0.395 e. The number of aliphatic hydroxyl groups is 1. The van der Waals surface area contributed by atoms with Crippen molar-refractivity contribution < 1.29 is 9.84 Å². The van der Waals surface area contributed by atoms with Gasteiger partial charge in [-0.25, -0.2) is 19.9 Å². The minimum atomic E-state index is 0.00186. The van der Waals surface area contributed by atoms with E-state index in [2.05, 4.69) is 25.2 Å². The smallest absolute Gasteiger partial charge is 0.170 e. The second kappa shape index (κ2) is 8.34. The highest BCUT2D eigenvalue weighted by Gasteiger charge is 2.17. The molecule has 0 radical (unpaired) electrons. The van der Waals surface area contributed by atoms with Crippen LogP contribution in [0.2, 0.25) is 0 Å². The Bertz CT molecular complexity index is 1120. The van der Waals surface area contributed by atoms with Gasteiger partial charge in [0.05, 0.1) is 25.5 Å². The van der Waals surface area contributed by atoms with Crippen LogP contribution in [0.5, 0.6) is 0 Å². The van der Waals surface area contributed by atoms with E-state index in [0.717, 1.165) is 43.4 Å². The standard InChI is InChI=1S/C20H21N7O2S/c28-7-4-21-19-17-20(27(13-23-17)15-3-10-30-12-15)25-18(24-19)14-1-2-16(22-11-14)26-5-8-29-9-6-26/h1-3,10-13,28H,4-9H2,(H,21,24,25). The Balaban J connectivity index is 1.55. The Hall–Kier alpha value is -3.08. The average Bonchev–Trinajstić information content (AvgIpc) is 3.48. The molecule has 5 heterocycles. The van der Waals surface area contributed by atoms with Crippen LogP contribution in [0.25, 0.3) is 28.2 Å². The van der Waals surface area contributed by atoms with E-state index < -0.39 is 0 Å². The predicted molar refractivity (Wildman–Crippen MR) is 116 cm³/mol. The molecule has 2 N–H and O–H groups in total. The van der Waals surface area contributed by atoms with Crippen molar-refractivity contribution in [2.75, 3.05) is 49.7 Å². The van der Waals surface area contributed by atoms with E-state index in [9.17, 15) is 5.11 Å². The molecular formula is C20H21N7O2S. The lowest BCUT2D eigenvalue weighted by atomic mass is 10.2. The highest BCUT2D eigenvalue weighted by Crippen LogP contribution is 2.27. The molecule has 0 bridgehead atoms. The first-order valence-electron chi connectivity index (χ1n) is 9.75. The van der Waals surface area contributed by atoms with Gasteiger partial charge >= 0.3 is 0 Å². The third-order valence-corrected chi connectivity index (χ3v) is 5.60. The van der Waals surface area contributed by atoms with Gasteiger partial charge in [-0.3, -0.25) is 4.57 Å². The molecule has 4 aromatic rings. The molecule has 0 amide bonds. The summed E-state index contributed by atoms with van der Waals surface area (Å²) in [6.07, 6.45) is 3.54. The van der Waals surface area contributed by atoms with Crippen LogP contribution in [0.15, 0.2) is 41.5 Å². The molecule has 0 aliphatic carbocycles. The molecule has 4 aromatic heterocycles. The number of fused-ring (bicyclic) bond motifs is 1. The van der Waals surface area contributed by atoms with Gasteiger partial charge < -0.3 is 20.1 Å². The van der Waals surface area contributed by atoms with Crippen molar-refractivity contribution in [3.8, 4) is 17.1 Å². The van der Waals surface area contributed by atoms with Crippen LogP contribution in [0.1, 0.15) is 0 Å². The van der Waals surface area contributed by atoms with E-state index in [1.54, 1.807) is 23.9 Å². The van der Waals surface area contributed by atoms with Crippen molar-refractivity contribution in [2.45, 2.75) is 0 Å². The summed E-state index contributed by atoms with van der Waals surface area (Å²) in [7, 11) is 0. The SMILES string of the molecule is OCCNc1nc(-c2ccc(N3CCOCC3)nc2)nc2c1ncn2-c1ccsc1. The Labute approximate surface area is 177 Å². The maximum absolute atomic E-state index is 9.24. The highest BCUT2D eigenvalue weighted by molar-refractivity contribution is 7.08. The molecule has 0 saturated carbocycles. The predicted octanol–water partition coefficient (Wildman–Crippen LogP) is 2.18. The number of imidazole rings is 1. The van der Waals surface area contributed by atoms with E-state index in [-0.39, 0.29) is 6.61 Å². The van der Waals surface area contributed by atoms with Crippen molar-refractivity contribution in [1.82, 2.24) is 24.5 Å². The fourth-order valence-corrected chi connectivity index (χ4v) is 4.04. The lowest BCUT2D eigenvalue weighted by Gasteiger charge is -2.27. The first-order valence-corrected chi connectivity index (χ1v) is 10.7. The van der Waals surface area contributed by atoms with E-state index in [4.69, 9.17) is 9.72 Å². The molecular weight excluding hydrogens is 402 g/mol. The number of nitrogens with one attached hydrogen (secondary N) is 1. The summed E-state index contributed by atoms with van der Waals surface area (Å²) in [4.78, 5) is 20.8. The van der Waals surface area contributed by atoms with Crippen molar-refractivity contribution >= 4 is 34.1 Å². The van der Waals surface area contributed by atoms with Gasteiger partial charge in [0.25, 0.3) is 0 Å². The Morgan fingerprint density at radius 2 is 2.03 bits per heavy atom. The Morgan fingerprint density at radius 1 is 1.13 bits per heavy atom. The number of morpholine rings is 1. The maximum Gasteiger partial charge on any atom is 0.170 e. The molecule has 10 heteroatoms. The second-order valence-electron chi connectivity index (χ2n) is 6.82. The summed E-state index contributed by atoms with van der Waals surface area (Å²) in [6, 6.07) is 6.00. The molecule has 1 saturated heterocycles. The number of thiophene rings is 1. The summed E-state index contributed by atoms with van der Waals surface area (Å²) >= 11 is 1.62. The molecule has 30 heavy (non-hydrogen) atoms. The third kappa shape index (κ3) is 3.60. The van der Waals surface area contributed by atoms with Gasteiger partial charge in [-0.1, -0.05) is 0 Å². The Kier molecular flexibility index (Phi) is 5.26. The second-order valence-corrected chi connectivity index (χ2v) is 7.60. The third-order valence-electron chi connectivity index (χ3n) is 4.93. The number of hydrogen-bond acceptors (Lipinski definition) is 9. The van der Waals surface area contributed by atoms with Crippen LogP contribution in [0.3, 0.4) is 0 Å². The van der Waals surface area contributed by atoms with Crippen molar-refractivity contribution in [2.24, 2.45) is 0 Å². The number of rotatable bonds is 6. The van der Waals surface area contributed by atoms with Crippen LogP contribution in [0.4, 0.5) is 11.6 Å². The number of aliphatic hydroxyl groups excluding tert-OH is 1. The Morgan fingerprint density at radius 3 is 2.77 bits per heavy atom. The van der Waals surface area contributed by atoms with Gasteiger partial charge in [-0.05, 0) is 23.6 Å². The number of ether oxygens (including phenoxy) is 1. The van der Waals surface area contributed by atoms with E-state index >= 15 is 0 Å². The van der Waals surface area contributed by atoms with Crippen LogP contribution in [-0.4, -0.2) is 69.1 Å². The quantitative estimate of drug-likeness (QED) is 0.487. The fraction of sp³-hybridized carbons (Fsp3) is 0.300. The zero-order chi connectivity index (χ0) is 20.3. The van der Waals surface area contributed by atoms with Crippen LogP contribution >= 0.6 is 11.3 Å². The number of nitrogens with zero attached hydrogens (tertiary/aromatic N) is 6. The maximum atomic E-state index is 9.24. The molecule has 0 unspecified atom stereocenters. The van der Waals surface area contributed by atoms with E-state index in [1.807, 2.05) is 33.5 Å². The fourth-order valence-electron chi connectivity index (χ4n) is 3.41. The topological polar surface area (TPSA) is 101 Å². The normalized spacial score (nSPS) is 14.4. The van der Waals surface area contributed by atoms with Crippen LogP contribution < -0.4 is 10.2 Å². The molecule has 9 nitrogen and oxygen atoms in total. The van der Waals surface area contributed by atoms with Crippen molar-refractivity contribution in [1.29, 1.82) is 0 Å².